The summed E-state index contributed by atoms with van der Waals surface area (Å²) < 4.78 is 38.0. The van der Waals surface area contributed by atoms with Crippen molar-refractivity contribution in [2.24, 2.45) is 22.9 Å². The van der Waals surface area contributed by atoms with Gasteiger partial charge in [-0.1, -0.05) is 90.8 Å². The number of amides is 2. The van der Waals surface area contributed by atoms with Crippen molar-refractivity contribution in [3.8, 4) is 11.5 Å². The van der Waals surface area contributed by atoms with Crippen LogP contribution in [0.25, 0.3) is 0 Å². The molecule has 74 heavy (non-hydrogen) atoms. The smallest absolute Gasteiger partial charge is 0.412 e. The summed E-state index contributed by atoms with van der Waals surface area (Å²) in [6.45, 7) is 4.33. The van der Waals surface area contributed by atoms with Crippen molar-refractivity contribution in [2.75, 3.05) is 59.4 Å². The molecule has 0 unspecified atom stereocenters. The van der Waals surface area contributed by atoms with Crippen LogP contribution in [0, 0.1) is 27.9 Å². The second kappa shape index (κ2) is 28.1. The van der Waals surface area contributed by atoms with Crippen molar-refractivity contribution in [2.45, 2.75) is 82.5 Å². The Labute approximate surface area is 431 Å². The van der Waals surface area contributed by atoms with E-state index in [-0.39, 0.29) is 102 Å². The van der Waals surface area contributed by atoms with Gasteiger partial charge in [-0.15, -0.1) is 6.58 Å². The fraction of sp³-hybridized carbons (Fsp3) is 0.446. The molecule has 4 aromatic carbocycles. The molecule has 0 radical (unpaired) electrons. The van der Waals surface area contributed by atoms with Gasteiger partial charge in [-0.2, -0.15) is 0 Å². The zero-order valence-corrected chi connectivity index (χ0v) is 41.7. The highest BCUT2D eigenvalue weighted by Gasteiger charge is 2.65. The first-order valence-corrected chi connectivity index (χ1v) is 25.4. The summed E-state index contributed by atoms with van der Waals surface area (Å²) >= 11 is 0. The molecule has 0 spiro atoms. The number of oxime groups is 1. The number of nitro groups is 1. The summed E-state index contributed by atoms with van der Waals surface area (Å²) in [6, 6.07) is 29.3. The van der Waals surface area contributed by atoms with Crippen LogP contribution >= 0.6 is 0 Å². The molecular weight excluding hydrogens is 953 g/mol. The first kappa shape index (κ1) is 55.1. The van der Waals surface area contributed by atoms with Gasteiger partial charge in [0, 0.05) is 56.3 Å². The molecule has 4 N–H and O–H groups in total. The molecule has 18 nitrogen and oxygen atoms in total. The quantitative estimate of drug-likeness (QED) is 0.0173. The van der Waals surface area contributed by atoms with Gasteiger partial charge in [-0.05, 0) is 90.1 Å². The molecular formula is C56H68N4O14. The van der Waals surface area contributed by atoms with Gasteiger partial charge in [-0.3, -0.25) is 15.0 Å². The van der Waals surface area contributed by atoms with Crippen LogP contribution in [0.5, 0.6) is 11.5 Å². The van der Waals surface area contributed by atoms with Crippen LogP contribution in [-0.4, -0.2) is 114 Å². The molecule has 6 atom stereocenters. The predicted octanol–water partition coefficient (Wildman–Crippen LogP) is 8.38. The number of unbranched alkanes of at least 4 members (excludes halogenated alkanes) is 2. The van der Waals surface area contributed by atoms with Gasteiger partial charge in [0.25, 0.3) is 5.69 Å². The van der Waals surface area contributed by atoms with Crippen molar-refractivity contribution in [1.82, 2.24) is 10.2 Å². The number of nitrogens with zero attached hydrogens (tertiary/aromatic N) is 3. The van der Waals surface area contributed by atoms with Crippen LogP contribution in [-0.2, 0) is 43.5 Å². The maximum atomic E-state index is 14.8. The van der Waals surface area contributed by atoms with Crippen LogP contribution in [0.4, 0.5) is 15.3 Å². The van der Waals surface area contributed by atoms with Gasteiger partial charge >= 0.3 is 12.2 Å². The van der Waals surface area contributed by atoms with Crippen molar-refractivity contribution in [3.05, 3.63) is 160 Å². The molecule has 1 aliphatic heterocycles. The highest BCUT2D eigenvalue weighted by molar-refractivity contribution is 6.03. The lowest BCUT2D eigenvalue weighted by Gasteiger charge is -2.59. The average molecular weight is 1020 g/mol. The minimum atomic E-state index is -1.66. The second-order valence-electron chi connectivity index (χ2n) is 18.4. The first-order chi connectivity index (χ1) is 36.2. The first-order valence-electron chi connectivity index (χ1n) is 25.4. The Morgan fingerprint density at radius 3 is 2.26 bits per heavy atom. The fourth-order valence-corrected chi connectivity index (χ4v) is 10.3. The molecule has 2 amide bonds. The Balaban J connectivity index is 1.34. The second-order valence-corrected chi connectivity index (χ2v) is 18.4. The molecule has 0 bridgehead atoms. The number of aliphatic hydroxyl groups excluding tert-OH is 3. The Morgan fingerprint density at radius 2 is 1.55 bits per heavy atom. The number of hydrogen-bond donors (Lipinski definition) is 4. The van der Waals surface area contributed by atoms with Crippen LogP contribution in [0.3, 0.4) is 0 Å². The number of carbonyl (C=O) groups excluding carboxylic acids is 2. The number of rotatable bonds is 29. The average Bonchev–Trinajstić information content (AvgIpc) is 3.41. The number of aliphatic hydroxyl groups is 3. The van der Waals surface area contributed by atoms with Gasteiger partial charge in [-0.25, -0.2) is 9.59 Å². The number of fused-ring (bicyclic) bond motifs is 2. The predicted molar refractivity (Wildman–Crippen MR) is 274 cm³/mol. The van der Waals surface area contributed by atoms with E-state index >= 15 is 0 Å². The molecule has 0 saturated heterocycles. The van der Waals surface area contributed by atoms with Gasteiger partial charge in [0.15, 0.2) is 0 Å². The largest absolute Gasteiger partial charge is 0.459 e. The number of carbonyl (C=O) groups is 2. The lowest BCUT2D eigenvalue weighted by Crippen LogP contribution is -2.70. The van der Waals surface area contributed by atoms with E-state index < -0.39 is 40.8 Å². The normalized spacial score (nSPS) is 21.0. The molecule has 1 fully saturated rings. The zero-order valence-electron chi connectivity index (χ0n) is 41.7. The Morgan fingerprint density at radius 1 is 0.838 bits per heavy atom. The summed E-state index contributed by atoms with van der Waals surface area (Å²) in [4.78, 5) is 46.8. The summed E-state index contributed by atoms with van der Waals surface area (Å²) in [5, 5.41) is 48.8. The number of ether oxygens (including phenoxy) is 6. The molecule has 3 aliphatic rings. The van der Waals surface area contributed by atoms with Crippen LogP contribution in [0.2, 0.25) is 0 Å². The van der Waals surface area contributed by atoms with Crippen molar-refractivity contribution >= 4 is 23.6 Å². The third-order valence-electron chi connectivity index (χ3n) is 13.6. The van der Waals surface area contributed by atoms with Gasteiger partial charge in [0.05, 0.1) is 56.2 Å². The number of nitro benzene ring substituents is 1. The van der Waals surface area contributed by atoms with Crippen LogP contribution in [0.1, 0.15) is 73.1 Å². The van der Waals surface area contributed by atoms with E-state index in [0.717, 1.165) is 22.3 Å². The van der Waals surface area contributed by atoms with E-state index in [1.54, 1.807) is 30.3 Å². The van der Waals surface area contributed by atoms with Crippen LogP contribution in [0.15, 0.2) is 133 Å². The van der Waals surface area contributed by atoms with E-state index in [9.17, 15) is 35.0 Å². The van der Waals surface area contributed by atoms with E-state index in [4.69, 9.17) is 38.4 Å². The standard InChI is InChI=1S/C56H68N4O14/c1-2-29-71-56-51(59(25-30-68-31-28-63)55(65)70-33-32-69-38-41-15-7-4-8-16-41)36-49(58-72-39-42-19-21-44(22-20-42)60(66)67)47-34-43(17-9-11-26-61)46(18-10-12-27-62)52(53(47)56)48-35-45(23-24-50(48)74-56)73-54(64)57-37-40-13-5-3-6-14-40/h2-8,13-16,19-24,34-35,43,46,51-53,61-63H,1,9-12,17-18,25-33,36-39H2,(H,57,64)/t43-,46+,51-,52+,53+,56+/m0/s1. The minimum absolute atomic E-state index is 0.000563. The Hall–Kier alpha value is -6.67. The minimum Gasteiger partial charge on any atom is -0.459 e. The van der Waals surface area contributed by atoms with Gasteiger partial charge in [0.2, 0.25) is 5.79 Å². The number of non-ortho nitro benzene ring substituents is 1. The summed E-state index contributed by atoms with van der Waals surface area (Å²) in [6.07, 6.45) is 6.34. The molecule has 7 rings (SSSR count). The molecule has 2 aliphatic carbocycles. The highest BCUT2D eigenvalue weighted by Crippen LogP contribution is 2.62. The maximum absolute atomic E-state index is 14.8. The van der Waals surface area contributed by atoms with E-state index in [1.165, 1.54) is 17.0 Å². The topological polar surface area (TPSA) is 230 Å². The Kier molecular flexibility index (Phi) is 20.9. The number of allylic oxidation sites excluding steroid dienone is 1. The fourth-order valence-electron chi connectivity index (χ4n) is 10.3. The lowest BCUT2D eigenvalue weighted by atomic mass is 9.55. The number of nitrogens with one attached hydrogen (secondary N) is 1. The van der Waals surface area contributed by atoms with Gasteiger partial charge in [0.1, 0.15) is 30.8 Å². The van der Waals surface area contributed by atoms with Crippen molar-refractivity contribution in [3.63, 3.8) is 0 Å². The van der Waals surface area contributed by atoms with E-state index in [0.29, 0.717) is 62.2 Å². The molecule has 18 heteroatoms. The molecule has 1 saturated carbocycles. The summed E-state index contributed by atoms with van der Waals surface area (Å²) in [5.41, 5.74) is 4.40. The molecule has 396 valence electrons. The Bertz CT molecular complexity index is 2490. The zero-order chi connectivity index (χ0) is 52.1. The molecule has 1 heterocycles. The SMILES string of the molecule is C=CCO[C@@]12Oc3ccc(OC(=O)NCc4ccccc4)cc3[C@H]3[C@H](CCCCO)[C@@H](CCCCO)C=C(C(=NOCc4ccc([N+](=O)[O-])cc4)C[C@@H]1N(CCOCCO)C(=O)OCCOCc1ccccc1)[C@H]32. The molecule has 0 aromatic heterocycles. The lowest BCUT2D eigenvalue weighted by molar-refractivity contribution is -0.384. The summed E-state index contributed by atoms with van der Waals surface area (Å²) in [5.74, 6) is -2.35. The van der Waals surface area contributed by atoms with E-state index in [2.05, 4.69) is 18.0 Å². The third-order valence-corrected chi connectivity index (χ3v) is 13.6. The van der Waals surface area contributed by atoms with Crippen LogP contribution < -0.4 is 14.8 Å². The third kappa shape index (κ3) is 14.3. The maximum Gasteiger partial charge on any atom is 0.412 e. The monoisotopic (exact) mass is 1020 g/mol. The molecule has 4 aromatic rings. The van der Waals surface area contributed by atoms with E-state index in [1.807, 2.05) is 66.7 Å². The highest BCUT2D eigenvalue weighted by atomic mass is 16.7. The summed E-state index contributed by atoms with van der Waals surface area (Å²) in [7, 11) is 0. The van der Waals surface area contributed by atoms with Crippen molar-refractivity contribution in [1.29, 1.82) is 0 Å². The van der Waals surface area contributed by atoms with Crippen molar-refractivity contribution < 1.29 is 63.1 Å². The van der Waals surface area contributed by atoms with Gasteiger partial charge < -0.3 is 53.9 Å². The number of hydrogen-bond acceptors (Lipinski definition) is 15. The number of benzene rings is 4.